The first-order valence-corrected chi connectivity index (χ1v) is 18.1. The van der Waals surface area contributed by atoms with Gasteiger partial charge in [-0.3, -0.25) is 14.4 Å². The number of amides is 1. The molecule has 1 aliphatic rings. The Kier molecular flexibility index (Phi) is 13.3. The van der Waals surface area contributed by atoms with Crippen molar-refractivity contribution in [3.05, 3.63) is 83.4 Å². The summed E-state index contributed by atoms with van der Waals surface area (Å²) in [5.41, 5.74) is 2.56. The number of aliphatic hydroxyl groups excluding tert-OH is 1. The largest absolute Gasteiger partial charge is 0.497 e. The summed E-state index contributed by atoms with van der Waals surface area (Å²) in [5.74, 6) is 0.738. The van der Waals surface area contributed by atoms with E-state index < -0.39 is 16.1 Å². The van der Waals surface area contributed by atoms with Crippen LogP contribution >= 0.6 is 0 Å². The van der Waals surface area contributed by atoms with Crippen LogP contribution in [0.5, 0.6) is 11.5 Å². The van der Waals surface area contributed by atoms with Crippen LogP contribution in [0.25, 0.3) is 0 Å². The summed E-state index contributed by atoms with van der Waals surface area (Å²) >= 11 is 0. The van der Waals surface area contributed by atoms with E-state index in [2.05, 4.69) is 23.6 Å². The second-order valence-electron chi connectivity index (χ2n) is 13.0. The highest BCUT2D eigenvalue weighted by Crippen LogP contribution is 2.30. The number of hydrogen-bond acceptors (Lipinski definition) is 8. The lowest BCUT2D eigenvalue weighted by molar-refractivity contribution is -0.0177. The van der Waals surface area contributed by atoms with Gasteiger partial charge in [0.2, 0.25) is 0 Å². The zero-order chi connectivity index (χ0) is 34.8. The van der Waals surface area contributed by atoms with Crippen LogP contribution in [0.3, 0.4) is 0 Å². The molecule has 4 atom stereocenters. The monoisotopic (exact) mass is 681 g/mol. The van der Waals surface area contributed by atoms with Crippen LogP contribution in [0, 0.1) is 12.8 Å². The van der Waals surface area contributed by atoms with Crippen molar-refractivity contribution in [2.75, 3.05) is 45.2 Å². The van der Waals surface area contributed by atoms with Crippen LogP contribution < -0.4 is 14.2 Å². The molecule has 0 saturated heterocycles. The second kappa shape index (κ2) is 17.1. The number of likely N-dealkylation sites (N-methyl/N-ethyl adjacent to an activating group) is 1. The first-order valence-electron chi connectivity index (χ1n) is 16.6. The number of carbonyl (C=O) groups is 1. The van der Waals surface area contributed by atoms with Crippen molar-refractivity contribution in [1.29, 1.82) is 0 Å². The quantitative estimate of drug-likeness (QED) is 0.279. The highest BCUT2D eigenvalue weighted by molar-refractivity contribution is 7.92. The average Bonchev–Trinajstić information content (AvgIpc) is 3.06. The van der Waals surface area contributed by atoms with Gasteiger partial charge in [0.15, 0.2) is 0 Å². The molecule has 2 N–H and O–H groups in total. The lowest BCUT2D eigenvalue weighted by Gasteiger charge is -2.36. The third-order valence-corrected chi connectivity index (χ3v) is 10.1. The normalized spacial score (nSPS) is 20.4. The Morgan fingerprint density at radius 3 is 2.44 bits per heavy atom. The number of nitrogens with one attached hydrogen (secondary N) is 1. The number of aliphatic hydroxyl groups is 1. The summed E-state index contributed by atoms with van der Waals surface area (Å²) in [7, 11) is -0.200. The molecule has 1 aliphatic heterocycles. The van der Waals surface area contributed by atoms with Gasteiger partial charge in [-0.05, 0) is 95.1 Å². The zero-order valence-corrected chi connectivity index (χ0v) is 29.8. The third kappa shape index (κ3) is 10.2. The molecule has 48 heavy (non-hydrogen) atoms. The topological polar surface area (TPSA) is 118 Å². The first kappa shape index (κ1) is 37.2. The van der Waals surface area contributed by atoms with Gasteiger partial charge >= 0.3 is 0 Å². The van der Waals surface area contributed by atoms with Crippen molar-refractivity contribution in [2.45, 2.75) is 76.6 Å². The molecule has 11 heteroatoms. The molecule has 0 unspecified atom stereocenters. The second-order valence-corrected chi connectivity index (χ2v) is 14.7. The predicted octanol–water partition coefficient (Wildman–Crippen LogP) is 5.73. The maximum atomic E-state index is 14.4. The Morgan fingerprint density at radius 2 is 1.77 bits per heavy atom. The Hall–Kier alpha value is -3.64. The number of nitrogens with zero attached hydrogens (tertiary/aromatic N) is 2. The van der Waals surface area contributed by atoms with Gasteiger partial charge in [-0.25, -0.2) is 8.42 Å². The molecule has 1 amide bonds. The maximum Gasteiger partial charge on any atom is 0.261 e. The van der Waals surface area contributed by atoms with E-state index in [-0.39, 0.29) is 46.8 Å². The first-order chi connectivity index (χ1) is 22.9. The minimum absolute atomic E-state index is 0.0873. The van der Waals surface area contributed by atoms with E-state index in [0.717, 1.165) is 42.7 Å². The number of hydrogen-bond donors (Lipinski definition) is 2. The van der Waals surface area contributed by atoms with Crippen molar-refractivity contribution < 1.29 is 32.5 Å². The minimum Gasteiger partial charge on any atom is -0.497 e. The number of carbonyl (C=O) groups excluding carboxylic acids is 1. The molecule has 4 rings (SSSR count). The van der Waals surface area contributed by atoms with E-state index in [9.17, 15) is 18.3 Å². The molecule has 1 heterocycles. The molecule has 262 valence electrons. The molecule has 0 fully saturated rings. The van der Waals surface area contributed by atoms with E-state index >= 15 is 0 Å². The van der Waals surface area contributed by atoms with Crippen LogP contribution in [-0.4, -0.2) is 87.9 Å². The molecule has 3 aromatic carbocycles. The predicted molar refractivity (Wildman–Crippen MR) is 188 cm³/mol. The summed E-state index contributed by atoms with van der Waals surface area (Å²) in [6, 6.07) is 18.8. The SMILES string of the molecule is COc1ccc(CN(C)C[C@H]2OCCCC[C@H](C)Oc3ccc(NS(=O)(=O)c4ccc(C)cc4)cc3C(=O)N([C@H](C)CO)C[C@@H]2C)cc1. The highest BCUT2D eigenvalue weighted by Gasteiger charge is 2.30. The summed E-state index contributed by atoms with van der Waals surface area (Å²) in [4.78, 5) is 18.4. The van der Waals surface area contributed by atoms with Crippen LogP contribution in [0.15, 0.2) is 71.6 Å². The smallest absolute Gasteiger partial charge is 0.261 e. The third-order valence-electron chi connectivity index (χ3n) is 8.74. The number of rotatable bonds is 10. The molecule has 0 aliphatic carbocycles. The molecular formula is C37H51N3O7S. The Labute approximate surface area is 286 Å². The Morgan fingerprint density at radius 1 is 1.06 bits per heavy atom. The van der Waals surface area contributed by atoms with E-state index in [1.54, 1.807) is 55.3 Å². The fraction of sp³-hybridized carbons (Fsp3) is 0.486. The fourth-order valence-corrected chi connectivity index (χ4v) is 6.84. The van der Waals surface area contributed by atoms with Crippen LogP contribution in [0.4, 0.5) is 5.69 Å². The molecule has 0 spiro atoms. The van der Waals surface area contributed by atoms with Crippen LogP contribution in [0.1, 0.15) is 61.5 Å². The fourth-order valence-electron chi connectivity index (χ4n) is 5.79. The number of sulfonamides is 1. The highest BCUT2D eigenvalue weighted by atomic mass is 32.2. The summed E-state index contributed by atoms with van der Waals surface area (Å²) in [6.07, 6.45) is 2.13. The standard InChI is InChI=1S/C37H51N3O7S/c1-26-10-17-33(18-11-26)48(43,44)38-31-14-19-35-34(21-31)37(42)40(28(3)25-41)22-27(2)36(46-20-8-7-9-29(4)47-35)24-39(5)23-30-12-15-32(45-6)16-13-30/h10-19,21,27-29,36,38,41H,7-9,20,22-25H2,1-6H3/t27-,28+,29-,36+/m0/s1. The minimum atomic E-state index is -3.91. The van der Waals surface area contributed by atoms with Gasteiger partial charge in [0.25, 0.3) is 15.9 Å². The number of aryl methyl sites for hydroxylation is 1. The molecule has 3 aromatic rings. The van der Waals surface area contributed by atoms with Gasteiger partial charge in [-0.15, -0.1) is 0 Å². The van der Waals surface area contributed by atoms with Gasteiger partial charge in [0.05, 0.1) is 42.4 Å². The van der Waals surface area contributed by atoms with Crippen molar-refractivity contribution in [3.8, 4) is 11.5 Å². The number of benzene rings is 3. The number of ether oxygens (including phenoxy) is 3. The molecule has 10 nitrogen and oxygen atoms in total. The van der Waals surface area contributed by atoms with Gasteiger partial charge in [0, 0.05) is 37.8 Å². The number of anilines is 1. The molecular weight excluding hydrogens is 630 g/mol. The van der Waals surface area contributed by atoms with Gasteiger partial charge in [0.1, 0.15) is 11.5 Å². The van der Waals surface area contributed by atoms with Gasteiger partial charge in [-0.2, -0.15) is 0 Å². The van der Waals surface area contributed by atoms with E-state index in [1.807, 2.05) is 38.1 Å². The summed E-state index contributed by atoms with van der Waals surface area (Å²) in [5, 5.41) is 10.3. The van der Waals surface area contributed by atoms with Crippen LogP contribution in [0.2, 0.25) is 0 Å². The van der Waals surface area contributed by atoms with Crippen molar-refractivity contribution in [3.63, 3.8) is 0 Å². The molecule has 0 saturated carbocycles. The van der Waals surface area contributed by atoms with Crippen LogP contribution in [-0.2, 0) is 21.3 Å². The molecule has 0 bridgehead atoms. The maximum absolute atomic E-state index is 14.4. The number of fused-ring (bicyclic) bond motifs is 1. The van der Waals surface area contributed by atoms with Crippen molar-refractivity contribution in [1.82, 2.24) is 9.80 Å². The zero-order valence-electron chi connectivity index (χ0n) is 29.0. The lowest BCUT2D eigenvalue weighted by Crippen LogP contribution is -2.47. The van der Waals surface area contributed by atoms with E-state index in [4.69, 9.17) is 14.2 Å². The summed E-state index contributed by atoms with van der Waals surface area (Å²) in [6.45, 7) is 9.73. The Balaban J connectivity index is 1.62. The Bertz CT molecular complexity index is 1580. The van der Waals surface area contributed by atoms with E-state index in [1.165, 1.54) is 6.07 Å². The van der Waals surface area contributed by atoms with Crippen molar-refractivity contribution >= 4 is 21.6 Å². The summed E-state index contributed by atoms with van der Waals surface area (Å²) < 4.78 is 47.2. The lowest BCUT2D eigenvalue weighted by atomic mass is 10.0. The molecule has 0 aromatic heterocycles. The number of methoxy groups -OCH3 is 1. The van der Waals surface area contributed by atoms with E-state index in [0.29, 0.717) is 25.4 Å². The molecule has 0 radical (unpaired) electrons. The van der Waals surface area contributed by atoms with Crippen molar-refractivity contribution in [2.24, 2.45) is 5.92 Å². The average molecular weight is 682 g/mol. The van der Waals surface area contributed by atoms with Gasteiger partial charge in [-0.1, -0.05) is 36.8 Å². The van der Waals surface area contributed by atoms with Gasteiger partial charge < -0.3 is 24.2 Å².